The van der Waals surface area contributed by atoms with Crippen LogP contribution in [0.5, 0.6) is 0 Å². The highest BCUT2D eigenvalue weighted by molar-refractivity contribution is 6.31. The summed E-state index contributed by atoms with van der Waals surface area (Å²) in [6, 6.07) is 5.21. The molecule has 1 aromatic rings. The number of halogens is 2. The van der Waals surface area contributed by atoms with E-state index in [4.69, 9.17) is 16.3 Å². The van der Waals surface area contributed by atoms with Crippen molar-refractivity contribution in [3.8, 4) is 0 Å². The molecule has 0 amide bonds. The number of benzene rings is 1. The van der Waals surface area contributed by atoms with Gasteiger partial charge in [0.1, 0.15) is 5.82 Å². The number of rotatable bonds is 7. The zero-order valence-electron chi connectivity index (χ0n) is 13.3. The van der Waals surface area contributed by atoms with Gasteiger partial charge in [-0.3, -0.25) is 9.80 Å². The highest BCUT2D eigenvalue weighted by Gasteiger charge is 2.31. The van der Waals surface area contributed by atoms with Crippen LogP contribution in [0, 0.1) is 5.82 Å². The minimum absolute atomic E-state index is 0.272. The van der Waals surface area contributed by atoms with Crippen molar-refractivity contribution in [1.29, 1.82) is 0 Å². The SMILES string of the molecule is OC(CN1CCOCC1)CN(Cc1c(F)cccc1Cl)C1CC1. The molecule has 1 saturated heterocycles. The number of hydrogen-bond acceptors (Lipinski definition) is 4. The Morgan fingerprint density at radius 1 is 1.35 bits per heavy atom. The van der Waals surface area contributed by atoms with Gasteiger partial charge >= 0.3 is 0 Å². The zero-order chi connectivity index (χ0) is 16.2. The molecule has 1 heterocycles. The molecule has 23 heavy (non-hydrogen) atoms. The van der Waals surface area contributed by atoms with Crippen LogP contribution in [0.4, 0.5) is 4.39 Å². The summed E-state index contributed by atoms with van der Waals surface area (Å²) >= 11 is 6.14. The monoisotopic (exact) mass is 342 g/mol. The summed E-state index contributed by atoms with van der Waals surface area (Å²) in [5.41, 5.74) is 0.527. The lowest BCUT2D eigenvalue weighted by atomic mass is 10.1. The second-order valence-corrected chi connectivity index (χ2v) is 6.83. The molecule has 1 aliphatic heterocycles. The molecule has 6 heteroatoms. The van der Waals surface area contributed by atoms with E-state index >= 15 is 0 Å². The first-order valence-corrected chi connectivity index (χ1v) is 8.66. The molecule has 1 N–H and O–H groups in total. The summed E-state index contributed by atoms with van der Waals surface area (Å²) in [6.45, 7) is 4.81. The van der Waals surface area contributed by atoms with E-state index in [0.29, 0.717) is 36.3 Å². The molecule has 2 aliphatic rings. The lowest BCUT2D eigenvalue weighted by Gasteiger charge is -2.31. The number of hydrogen-bond donors (Lipinski definition) is 1. The molecule has 1 saturated carbocycles. The second-order valence-electron chi connectivity index (χ2n) is 6.43. The van der Waals surface area contributed by atoms with E-state index in [9.17, 15) is 9.50 Å². The molecule has 1 aliphatic carbocycles. The van der Waals surface area contributed by atoms with E-state index in [1.54, 1.807) is 12.1 Å². The fourth-order valence-corrected chi connectivity index (χ4v) is 3.30. The van der Waals surface area contributed by atoms with Crippen LogP contribution in [0.2, 0.25) is 5.02 Å². The van der Waals surface area contributed by atoms with Crippen LogP contribution >= 0.6 is 11.6 Å². The number of morpholine rings is 1. The third-order valence-electron chi connectivity index (χ3n) is 4.50. The Morgan fingerprint density at radius 3 is 2.74 bits per heavy atom. The molecule has 3 rings (SSSR count). The van der Waals surface area contributed by atoms with Gasteiger partial charge in [-0.25, -0.2) is 4.39 Å². The molecule has 1 aromatic carbocycles. The minimum Gasteiger partial charge on any atom is -0.390 e. The predicted octanol–water partition coefficient (Wildman–Crippen LogP) is 2.14. The molecule has 2 fully saturated rings. The standard InChI is InChI=1S/C17H24ClFN2O2/c18-16-2-1-3-17(19)15(16)12-21(13-4-5-13)11-14(22)10-20-6-8-23-9-7-20/h1-3,13-14,22H,4-12H2. The van der Waals surface area contributed by atoms with Crippen molar-refractivity contribution in [2.24, 2.45) is 0 Å². The van der Waals surface area contributed by atoms with Gasteiger partial charge < -0.3 is 9.84 Å². The normalized spacial score (nSPS) is 20.9. The molecule has 1 atom stereocenters. The van der Waals surface area contributed by atoms with Gasteiger partial charge in [0.25, 0.3) is 0 Å². The molecule has 0 spiro atoms. The van der Waals surface area contributed by atoms with E-state index < -0.39 is 6.10 Å². The lowest BCUT2D eigenvalue weighted by Crippen LogP contribution is -2.45. The first-order valence-electron chi connectivity index (χ1n) is 8.28. The van der Waals surface area contributed by atoms with Crippen molar-refractivity contribution in [2.45, 2.75) is 31.5 Å². The van der Waals surface area contributed by atoms with Crippen LogP contribution in [0.1, 0.15) is 18.4 Å². The van der Waals surface area contributed by atoms with Crippen LogP contribution in [0.25, 0.3) is 0 Å². The number of ether oxygens (including phenoxy) is 1. The van der Waals surface area contributed by atoms with Gasteiger partial charge in [-0.2, -0.15) is 0 Å². The summed E-state index contributed by atoms with van der Waals surface area (Å²) in [5.74, 6) is -0.272. The van der Waals surface area contributed by atoms with E-state index in [0.717, 1.165) is 39.1 Å². The van der Waals surface area contributed by atoms with Gasteiger partial charge in [0.2, 0.25) is 0 Å². The maximum atomic E-state index is 14.0. The molecule has 0 aromatic heterocycles. The van der Waals surface area contributed by atoms with Gasteiger partial charge in [0, 0.05) is 49.4 Å². The molecule has 0 bridgehead atoms. The van der Waals surface area contributed by atoms with Crippen molar-refractivity contribution >= 4 is 11.6 Å². The summed E-state index contributed by atoms with van der Waals surface area (Å²) in [5, 5.41) is 10.9. The number of β-amino-alcohol motifs (C(OH)–C–C–N with tert-alkyl or cyclic N) is 1. The van der Waals surface area contributed by atoms with Crippen LogP contribution < -0.4 is 0 Å². The fourth-order valence-electron chi connectivity index (χ4n) is 3.08. The van der Waals surface area contributed by atoms with Crippen molar-refractivity contribution in [3.63, 3.8) is 0 Å². The van der Waals surface area contributed by atoms with E-state index in [1.807, 2.05) is 0 Å². The smallest absolute Gasteiger partial charge is 0.129 e. The average molecular weight is 343 g/mol. The van der Waals surface area contributed by atoms with Crippen LogP contribution in [0.3, 0.4) is 0 Å². The third kappa shape index (κ3) is 4.88. The summed E-state index contributed by atoms with van der Waals surface area (Å²) in [7, 11) is 0. The fraction of sp³-hybridized carbons (Fsp3) is 0.647. The van der Waals surface area contributed by atoms with Crippen molar-refractivity contribution in [3.05, 3.63) is 34.6 Å². The van der Waals surface area contributed by atoms with Crippen LogP contribution in [-0.4, -0.2) is 66.4 Å². The number of nitrogens with zero attached hydrogens (tertiary/aromatic N) is 2. The Balaban J connectivity index is 1.58. The molecular weight excluding hydrogens is 319 g/mol. The van der Waals surface area contributed by atoms with Crippen LogP contribution in [-0.2, 0) is 11.3 Å². The van der Waals surface area contributed by atoms with E-state index in [1.165, 1.54) is 6.07 Å². The van der Waals surface area contributed by atoms with E-state index in [-0.39, 0.29) is 5.82 Å². The number of aliphatic hydroxyl groups excluding tert-OH is 1. The van der Waals surface area contributed by atoms with Gasteiger partial charge in [0.05, 0.1) is 19.3 Å². The minimum atomic E-state index is -0.445. The first kappa shape index (κ1) is 17.1. The maximum Gasteiger partial charge on any atom is 0.129 e. The summed E-state index contributed by atoms with van der Waals surface area (Å²) in [4.78, 5) is 4.38. The predicted molar refractivity (Wildman–Crippen MR) is 88.1 cm³/mol. The van der Waals surface area contributed by atoms with Crippen LogP contribution in [0.15, 0.2) is 18.2 Å². The molecule has 128 valence electrons. The molecule has 4 nitrogen and oxygen atoms in total. The second kappa shape index (κ2) is 7.90. The van der Waals surface area contributed by atoms with Crippen molar-refractivity contribution in [2.75, 3.05) is 39.4 Å². The Kier molecular flexibility index (Phi) is 5.88. The Labute approximate surface area is 141 Å². The third-order valence-corrected chi connectivity index (χ3v) is 4.86. The van der Waals surface area contributed by atoms with Gasteiger partial charge in [-0.05, 0) is 25.0 Å². The zero-order valence-corrected chi connectivity index (χ0v) is 14.0. The highest BCUT2D eigenvalue weighted by atomic mass is 35.5. The van der Waals surface area contributed by atoms with Crippen molar-refractivity contribution in [1.82, 2.24) is 9.80 Å². The highest BCUT2D eigenvalue weighted by Crippen LogP contribution is 2.30. The first-order chi connectivity index (χ1) is 11.1. The Morgan fingerprint density at radius 2 is 2.09 bits per heavy atom. The van der Waals surface area contributed by atoms with Gasteiger partial charge in [-0.15, -0.1) is 0 Å². The molecular formula is C17H24ClFN2O2. The largest absolute Gasteiger partial charge is 0.390 e. The van der Waals surface area contributed by atoms with Gasteiger partial charge in [-0.1, -0.05) is 17.7 Å². The average Bonchev–Trinajstić information content (AvgIpc) is 3.35. The molecule has 1 unspecified atom stereocenters. The summed E-state index contributed by atoms with van der Waals surface area (Å²) in [6.07, 6.45) is 1.77. The Hall–Kier alpha value is -0.720. The lowest BCUT2D eigenvalue weighted by molar-refractivity contribution is 0.00543. The van der Waals surface area contributed by atoms with E-state index in [2.05, 4.69) is 9.80 Å². The number of aliphatic hydroxyl groups is 1. The van der Waals surface area contributed by atoms with Crippen molar-refractivity contribution < 1.29 is 14.2 Å². The summed E-state index contributed by atoms with van der Waals surface area (Å²) < 4.78 is 19.3. The van der Waals surface area contributed by atoms with Gasteiger partial charge in [0.15, 0.2) is 0 Å². The topological polar surface area (TPSA) is 35.9 Å². The quantitative estimate of drug-likeness (QED) is 0.823. The Bertz CT molecular complexity index is 501. The molecule has 0 radical (unpaired) electrons. The maximum absolute atomic E-state index is 14.0.